The van der Waals surface area contributed by atoms with Crippen LogP contribution in [0.3, 0.4) is 0 Å². The van der Waals surface area contributed by atoms with E-state index in [2.05, 4.69) is 0 Å². The fourth-order valence-electron chi connectivity index (χ4n) is 2.32. The van der Waals surface area contributed by atoms with Gasteiger partial charge in [-0.15, -0.1) is 0 Å². The van der Waals surface area contributed by atoms with Gasteiger partial charge in [-0.05, 0) is 19.3 Å². The third-order valence-corrected chi connectivity index (χ3v) is 3.28. The lowest BCUT2D eigenvalue weighted by atomic mass is 10.2. The number of nitrogens with two attached hydrogens (primary N) is 1. The number of amides is 1. The van der Waals surface area contributed by atoms with E-state index in [9.17, 15) is 4.79 Å². The van der Waals surface area contributed by atoms with Gasteiger partial charge in [0.25, 0.3) is 0 Å². The minimum Gasteiger partial charge on any atom is -0.392 e. The summed E-state index contributed by atoms with van der Waals surface area (Å²) >= 11 is 4.92. The zero-order valence-corrected chi connectivity index (χ0v) is 11.3. The Morgan fingerprint density at radius 1 is 1.47 bits per heavy atom. The average Bonchev–Trinajstić information content (AvgIpc) is 2.79. The number of hydrogen-bond acceptors (Lipinski definition) is 3. The summed E-state index contributed by atoms with van der Waals surface area (Å²) in [5.74, 6) is 0.154. The summed E-state index contributed by atoms with van der Waals surface area (Å²) in [6.45, 7) is 1.04. The fourth-order valence-corrected chi connectivity index (χ4v) is 2.46. The standard InChI is InChI=1S/C12H22N2O2S/c1-16-8-4-7-12(15)14(9-11(13)17)10-5-2-3-6-10/h10H,2-9H2,1H3,(H2,13,17). The molecule has 0 aromatic carbocycles. The molecule has 0 aliphatic heterocycles. The number of thiocarbonyl (C=S) groups is 1. The number of nitrogens with zero attached hydrogens (tertiary/aromatic N) is 1. The predicted octanol–water partition coefficient (Wildman–Crippen LogP) is 1.47. The van der Waals surface area contributed by atoms with Crippen LogP contribution in [-0.2, 0) is 9.53 Å². The van der Waals surface area contributed by atoms with E-state index in [0.717, 1.165) is 19.3 Å². The molecular formula is C12H22N2O2S. The molecule has 1 saturated carbocycles. The molecular weight excluding hydrogens is 236 g/mol. The van der Waals surface area contributed by atoms with E-state index in [0.29, 0.717) is 30.6 Å². The molecule has 17 heavy (non-hydrogen) atoms. The van der Waals surface area contributed by atoms with Gasteiger partial charge in [0.15, 0.2) is 0 Å². The van der Waals surface area contributed by atoms with Crippen molar-refractivity contribution in [1.82, 2.24) is 4.90 Å². The Balaban J connectivity index is 2.48. The van der Waals surface area contributed by atoms with Gasteiger partial charge in [0, 0.05) is 26.2 Å². The first-order chi connectivity index (χ1) is 8.15. The second-order valence-electron chi connectivity index (χ2n) is 4.52. The van der Waals surface area contributed by atoms with Crippen molar-refractivity contribution in [3.05, 3.63) is 0 Å². The molecule has 0 aromatic heterocycles. The summed E-state index contributed by atoms with van der Waals surface area (Å²) in [5.41, 5.74) is 5.57. The SMILES string of the molecule is COCCCC(=O)N(CC(N)=S)C1CCCC1. The van der Waals surface area contributed by atoms with Gasteiger partial charge in [0.1, 0.15) is 0 Å². The van der Waals surface area contributed by atoms with Crippen LogP contribution in [0.4, 0.5) is 0 Å². The monoisotopic (exact) mass is 258 g/mol. The Kier molecular flexibility index (Phi) is 6.44. The van der Waals surface area contributed by atoms with Crippen LogP contribution in [0.1, 0.15) is 38.5 Å². The Morgan fingerprint density at radius 2 is 2.12 bits per heavy atom. The van der Waals surface area contributed by atoms with E-state index in [1.165, 1.54) is 12.8 Å². The summed E-state index contributed by atoms with van der Waals surface area (Å²) in [6.07, 6.45) is 5.84. The molecule has 0 aromatic rings. The molecule has 1 aliphatic rings. The number of ether oxygens (including phenoxy) is 1. The van der Waals surface area contributed by atoms with Crippen LogP contribution >= 0.6 is 12.2 Å². The third kappa shape index (κ3) is 5.00. The quantitative estimate of drug-likeness (QED) is 0.555. The molecule has 0 saturated heterocycles. The molecule has 1 aliphatic carbocycles. The Hall–Kier alpha value is -0.680. The van der Waals surface area contributed by atoms with Crippen LogP contribution in [0.2, 0.25) is 0 Å². The molecule has 0 unspecified atom stereocenters. The third-order valence-electron chi connectivity index (χ3n) is 3.15. The molecule has 0 atom stereocenters. The minimum atomic E-state index is 0.154. The van der Waals surface area contributed by atoms with Gasteiger partial charge in [0.2, 0.25) is 5.91 Å². The summed E-state index contributed by atoms with van der Waals surface area (Å²) in [7, 11) is 1.65. The van der Waals surface area contributed by atoms with Gasteiger partial charge in [-0.1, -0.05) is 25.1 Å². The average molecular weight is 258 g/mol. The van der Waals surface area contributed by atoms with E-state index >= 15 is 0 Å². The zero-order chi connectivity index (χ0) is 12.7. The van der Waals surface area contributed by atoms with E-state index < -0.39 is 0 Å². The molecule has 0 spiro atoms. The maximum atomic E-state index is 12.1. The van der Waals surface area contributed by atoms with Crippen molar-refractivity contribution in [2.24, 2.45) is 5.73 Å². The van der Waals surface area contributed by atoms with Crippen molar-refractivity contribution in [3.63, 3.8) is 0 Å². The van der Waals surface area contributed by atoms with Crippen molar-refractivity contribution >= 4 is 23.1 Å². The first-order valence-corrected chi connectivity index (χ1v) is 6.62. The van der Waals surface area contributed by atoms with Crippen LogP contribution < -0.4 is 5.73 Å². The molecule has 1 rings (SSSR count). The number of methoxy groups -OCH3 is 1. The maximum absolute atomic E-state index is 12.1. The van der Waals surface area contributed by atoms with Gasteiger partial charge in [0.05, 0.1) is 11.5 Å². The Bertz CT molecular complexity index is 265. The van der Waals surface area contributed by atoms with E-state index in [1.807, 2.05) is 4.90 Å². The van der Waals surface area contributed by atoms with Gasteiger partial charge in [-0.2, -0.15) is 0 Å². The zero-order valence-electron chi connectivity index (χ0n) is 10.5. The summed E-state index contributed by atoms with van der Waals surface area (Å²) in [6, 6.07) is 0.339. The molecule has 5 heteroatoms. The van der Waals surface area contributed by atoms with Gasteiger partial charge in [-0.3, -0.25) is 4.79 Å². The smallest absolute Gasteiger partial charge is 0.223 e. The van der Waals surface area contributed by atoms with Crippen LogP contribution in [0.25, 0.3) is 0 Å². The normalized spacial score (nSPS) is 16.1. The first-order valence-electron chi connectivity index (χ1n) is 6.22. The fraction of sp³-hybridized carbons (Fsp3) is 0.833. The van der Waals surface area contributed by atoms with Crippen LogP contribution in [0.15, 0.2) is 0 Å². The first kappa shape index (κ1) is 14.4. The van der Waals surface area contributed by atoms with E-state index in [-0.39, 0.29) is 5.91 Å². The summed E-state index contributed by atoms with van der Waals surface area (Å²) in [4.78, 5) is 14.4. The summed E-state index contributed by atoms with van der Waals surface area (Å²) < 4.78 is 4.96. The lowest BCUT2D eigenvalue weighted by molar-refractivity contribution is -0.132. The molecule has 2 N–H and O–H groups in total. The van der Waals surface area contributed by atoms with Crippen molar-refractivity contribution < 1.29 is 9.53 Å². The van der Waals surface area contributed by atoms with Gasteiger partial charge < -0.3 is 15.4 Å². The topological polar surface area (TPSA) is 55.6 Å². The van der Waals surface area contributed by atoms with Crippen LogP contribution in [-0.4, -0.2) is 42.1 Å². The lowest BCUT2D eigenvalue weighted by Gasteiger charge is -2.28. The molecule has 98 valence electrons. The van der Waals surface area contributed by atoms with Crippen molar-refractivity contribution in [3.8, 4) is 0 Å². The highest BCUT2D eigenvalue weighted by molar-refractivity contribution is 7.80. The molecule has 1 fully saturated rings. The number of carbonyl (C=O) groups is 1. The Labute approximate surface area is 108 Å². The highest BCUT2D eigenvalue weighted by atomic mass is 32.1. The van der Waals surface area contributed by atoms with Crippen molar-refractivity contribution in [1.29, 1.82) is 0 Å². The van der Waals surface area contributed by atoms with Crippen LogP contribution in [0.5, 0.6) is 0 Å². The molecule has 0 heterocycles. The molecule has 4 nitrogen and oxygen atoms in total. The number of carbonyl (C=O) groups excluding carboxylic acids is 1. The van der Waals surface area contributed by atoms with E-state index in [4.69, 9.17) is 22.7 Å². The van der Waals surface area contributed by atoms with Gasteiger partial charge in [-0.25, -0.2) is 0 Å². The molecule has 1 amide bonds. The van der Waals surface area contributed by atoms with Crippen molar-refractivity contribution in [2.75, 3.05) is 20.3 Å². The largest absolute Gasteiger partial charge is 0.392 e. The Morgan fingerprint density at radius 3 is 2.65 bits per heavy atom. The lowest BCUT2D eigenvalue weighted by Crippen LogP contribution is -2.43. The molecule has 0 bridgehead atoms. The second-order valence-corrected chi connectivity index (χ2v) is 5.05. The molecule has 0 radical (unpaired) electrons. The predicted molar refractivity (Wildman–Crippen MR) is 71.9 cm³/mol. The summed E-state index contributed by atoms with van der Waals surface area (Å²) in [5, 5.41) is 0. The van der Waals surface area contributed by atoms with E-state index in [1.54, 1.807) is 7.11 Å². The van der Waals surface area contributed by atoms with Crippen molar-refractivity contribution in [2.45, 2.75) is 44.6 Å². The highest BCUT2D eigenvalue weighted by Crippen LogP contribution is 2.24. The second kappa shape index (κ2) is 7.61. The maximum Gasteiger partial charge on any atom is 0.223 e. The highest BCUT2D eigenvalue weighted by Gasteiger charge is 2.26. The number of hydrogen-bond donors (Lipinski definition) is 1. The minimum absolute atomic E-state index is 0.154. The van der Waals surface area contributed by atoms with Gasteiger partial charge >= 0.3 is 0 Å². The van der Waals surface area contributed by atoms with Crippen LogP contribution in [0, 0.1) is 0 Å². The number of rotatable bonds is 7.